The van der Waals surface area contributed by atoms with Gasteiger partial charge in [-0.15, -0.1) is 11.6 Å². The molecule has 0 unspecified atom stereocenters. The molecule has 0 aliphatic rings. The van der Waals surface area contributed by atoms with Crippen molar-refractivity contribution in [1.29, 1.82) is 0 Å². The fourth-order valence-corrected chi connectivity index (χ4v) is 2.55. The lowest BCUT2D eigenvalue weighted by Gasteiger charge is -2.21. The van der Waals surface area contributed by atoms with E-state index in [2.05, 4.69) is 58.7 Å². The monoisotopic (exact) mass is 335 g/mol. The molecule has 0 atom stereocenters. The van der Waals surface area contributed by atoms with Crippen molar-refractivity contribution in [3.63, 3.8) is 0 Å². The lowest BCUT2D eigenvalue weighted by atomic mass is 9.96. The van der Waals surface area contributed by atoms with Gasteiger partial charge in [0.15, 0.2) is 0 Å². The highest BCUT2D eigenvalue weighted by molar-refractivity contribution is 9.10. The van der Waals surface area contributed by atoms with Gasteiger partial charge in [-0.1, -0.05) is 20.8 Å². The van der Waals surface area contributed by atoms with Crippen molar-refractivity contribution in [2.75, 3.05) is 12.4 Å². The quantitative estimate of drug-likeness (QED) is 0.771. The van der Waals surface area contributed by atoms with Crippen molar-refractivity contribution in [3.05, 3.63) is 15.9 Å². The molecule has 0 saturated heterocycles. The summed E-state index contributed by atoms with van der Waals surface area (Å²) in [5, 5.41) is 8.06. The molecule has 0 saturated carbocycles. The molecule has 0 amide bonds. The van der Waals surface area contributed by atoms with Gasteiger partial charge in [0.05, 0.1) is 15.9 Å². The second-order valence-corrected chi connectivity index (χ2v) is 6.34. The van der Waals surface area contributed by atoms with E-state index in [1.54, 1.807) is 0 Å². The van der Waals surface area contributed by atoms with Crippen molar-refractivity contribution >= 4 is 27.5 Å². The Kier molecular flexibility index (Phi) is 6.15. The van der Waals surface area contributed by atoms with Crippen LogP contribution >= 0.6 is 27.5 Å². The first-order chi connectivity index (χ1) is 8.45. The minimum atomic E-state index is 0.124. The van der Waals surface area contributed by atoms with E-state index in [9.17, 15) is 0 Å². The smallest absolute Gasteiger partial charge is 0.0767 e. The van der Waals surface area contributed by atoms with Gasteiger partial charge in [0.1, 0.15) is 0 Å². The zero-order chi connectivity index (χ0) is 13.8. The van der Waals surface area contributed by atoms with Crippen LogP contribution in [0.15, 0.2) is 4.47 Å². The van der Waals surface area contributed by atoms with E-state index in [1.165, 1.54) is 5.69 Å². The summed E-state index contributed by atoms with van der Waals surface area (Å²) in [6, 6.07) is 0. The molecule has 0 bridgehead atoms. The zero-order valence-corrected chi connectivity index (χ0v) is 14.0. The highest BCUT2D eigenvalue weighted by Gasteiger charge is 2.17. The Morgan fingerprint density at radius 2 is 2.06 bits per heavy atom. The summed E-state index contributed by atoms with van der Waals surface area (Å²) in [6.45, 7) is 11.2. The second-order valence-electron chi connectivity index (χ2n) is 5.28. The summed E-state index contributed by atoms with van der Waals surface area (Å²) in [7, 11) is 0. The van der Waals surface area contributed by atoms with E-state index in [-0.39, 0.29) is 5.41 Å². The number of hydrogen-bond donors (Lipinski definition) is 1. The molecule has 18 heavy (non-hydrogen) atoms. The molecule has 0 fully saturated rings. The van der Waals surface area contributed by atoms with Crippen LogP contribution in [0.3, 0.4) is 0 Å². The van der Waals surface area contributed by atoms with Crippen LogP contribution in [-0.4, -0.2) is 22.2 Å². The van der Waals surface area contributed by atoms with Gasteiger partial charge >= 0.3 is 0 Å². The number of alkyl halides is 1. The van der Waals surface area contributed by atoms with E-state index >= 15 is 0 Å². The molecule has 104 valence electrons. The Hall–Kier alpha value is -0.0600. The van der Waals surface area contributed by atoms with Gasteiger partial charge in [-0.25, -0.2) is 0 Å². The first-order valence-corrected chi connectivity index (χ1v) is 7.78. The second kappa shape index (κ2) is 6.92. The molecule has 0 spiro atoms. The van der Waals surface area contributed by atoms with Gasteiger partial charge < -0.3 is 5.32 Å². The minimum Gasteiger partial charge on any atom is -0.311 e. The SMILES string of the molecule is CCc1nn(CC)c(CNCC(C)(C)CCl)c1Br. The third-order valence-corrected chi connectivity index (χ3v) is 4.59. The molecule has 1 rings (SSSR count). The number of halogens is 2. The van der Waals surface area contributed by atoms with Crippen molar-refractivity contribution < 1.29 is 0 Å². The number of nitrogens with one attached hydrogen (secondary N) is 1. The highest BCUT2D eigenvalue weighted by Crippen LogP contribution is 2.22. The summed E-state index contributed by atoms with van der Waals surface area (Å²) in [5.74, 6) is 0.661. The fraction of sp³-hybridized carbons (Fsp3) is 0.769. The summed E-state index contributed by atoms with van der Waals surface area (Å²) < 4.78 is 3.20. The molecule has 1 aromatic heterocycles. The normalized spacial score (nSPS) is 12.1. The standard InChI is InChI=1S/C13H23BrClN3/c1-5-10-12(14)11(18(6-2)17-10)7-16-9-13(3,4)8-15/h16H,5-9H2,1-4H3. The van der Waals surface area contributed by atoms with E-state index in [4.69, 9.17) is 11.6 Å². The fourth-order valence-electron chi connectivity index (χ4n) is 1.75. The van der Waals surface area contributed by atoms with E-state index in [0.717, 1.165) is 36.2 Å². The molecule has 1 aromatic rings. The van der Waals surface area contributed by atoms with E-state index in [0.29, 0.717) is 5.88 Å². The maximum atomic E-state index is 5.92. The van der Waals surface area contributed by atoms with Crippen LogP contribution in [0.1, 0.15) is 39.1 Å². The van der Waals surface area contributed by atoms with Crippen molar-refractivity contribution in [2.24, 2.45) is 5.41 Å². The van der Waals surface area contributed by atoms with Crippen molar-refractivity contribution in [2.45, 2.75) is 47.2 Å². The lowest BCUT2D eigenvalue weighted by Crippen LogP contribution is -2.31. The Morgan fingerprint density at radius 3 is 2.56 bits per heavy atom. The van der Waals surface area contributed by atoms with Gasteiger partial charge in [0, 0.05) is 25.5 Å². The Bertz CT molecular complexity index is 388. The Balaban J connectivity index is 2.69. The largest absolute Gasteiger partial charge is 0.311 e. The number of nitrogens with zero attached hydrogens (tertiary/aromatic N) is 2. The highest BCUT2D eigenvalue weighted by atomic mass is 79.9. The number of aromatic nitrogens is 2. The predicted molar refractivity (Wildman–Crippen MR) is 81.2 cm³/mol. The topological polar surface area (TPSA) is 29.9 Å². The third-order valence-electron chi connectivity index (χ3n) is 2.95. The number of rotatable bonds is 7. The molecule has 0 aromatic carbocycles. The van der Waals surface area contributed by atoms with Crippen molar-refractivity contribution in [3.8, 4) is 0 Å². The first-order valence-electron chi connectivity index (χ1n) is 6.46. The number of aryl methyl sites for hydroxylation is 2. The predicted octanol–water partition coefficient (Wildman–Crippen LogP) is 3.58. The van der Waals surface area contributed by atoms with Gasteiger partial charge in [0.25, 0.3) is 0 Å². The molecule has 0 aliphatic carbocycles. The Labute approximate surface area is 123 Å². The van der Waals surface area contributed by atoms with Crippen LogP contribution in [0.4, 0.5) is 0 Å². The summed E-state index contributed by atoms with van der Waals surface area (Å²) in [6.07, 6.45) is 0.952. The molecule has 1 heterocycles. The average Bonchev–Trinajstić information content (AvgIpc) is 2.66. The summed E-state index contributed by atoms with van der Waals surface area (Å²) in [5.41, 5.74) is 2.48. The van der Waals surface area contributed by atoms with Crippen LogP contribution in [0.25, 0.3) is 0 Å². The van der Waals surface area contributed by atoms with Gasteiger partial charge in [-0.3, -0.25) is 4.68 Å². The van der Waals surface area contributed by atoms with E-state index in [1.807, 2.05) is 0 Å². The lowest BCUT2D eigenvalue weighted by molar-refractivity contribution is 0.381. The van der Waals surface area contributed by atoms with Gasteiger partial charge in [-0.05, 0) is 34.7 Å². The van der Waals surface area contributed by atoms with Crippen LogP contribution in [0, 0.1) is 5.41 Å². The van der Waals surface area contributed by atoms with Crippen LogP contribution in [0.5, 0.6) is 0 Å². The maximum Gasteiger partial charge on any atom is 0.0767 e. The molecule has 5 heteroatoms. The van der Waals surface area contributed by atoms with E-state index < -0.39 is 0 Å². The molecule has 3 nitrogen and oxygen atoms in total. The van der Waals surface area contributed by atoms with Crippen molar-refractivity contribution in [1.82, 2.24) is 15.1 Å². The number of hydrogen-bond acceptors (Lipinski definition) is 2. The molecular formula is C13H23BrClN3. The van der Waals surface area contributed by atoms with Gasteiger partial charge in [-0.2, -0.15) is 5.10 Å². The maximum absolute atomic E-state index is 5.92. The molecule has 0 radical (unpaired) electrons. The molecule has 0 aliphatic heterocycles. The Morgan fingerprint density at radius 1 is 1.39 bits per heavy atom. The van der Waals surface area contributed by atoms with Gasteiger partial charge in [0.2, 0.25) is 0 Å². The summed E-state index contributed by atoms with van der Waals surface area (Å²) in [4.78, 5) is 0. The van der Waals surface area contributed by atoms with Crippen LogP contribution in [-0.2, 0) is 19.5 Å². The average molecular weight is 337 g/mol. The third kappa shape index (κ3) is 3.97. The van der Waals surface area contributed by atoms with Crippen LogP contribution < -0.4 is 5.32 Å². The molecular weight excluding hydrogens is 314 g/mol. The molecule has 1 N–H and O–H groups in total. The summed E-state index contributed by atoms with van der Waals surface area (Å²) >= 11 is 9.58. The minimum absolute atomic E-state index is 0.124. The zero-order valence-electron chi connectivity index (χ0n) is 11.7. The van der Waals surface area contributed by atoms with Crippen LogP contribution in [0.2, 0.25) is 0 Å². The first kappa shape index (κ1) is 16.0.